The first-order valence-electron chi connectivity index (χ1n) is 4.58. The molecule has 0 aromatic carbocycles. The van der Waals surface area contributed by atoms with E-state index in [1.54, 1.807) is 0 Å². The number of ether oxygens (including phenoxy) is 1. The van der Waals surface area contributed by atoms with Crippen LogP contribution in [-0.4, -0.2) is 24.5 Å². The van der Waals surface area contributed by atoms with Gasteiger partial charge in [-0.2, -0.15) is 0 Å². The molecule has 0 aliphatic rings. The Bertz CT molecular complexity index is 272. The minimum Gasteiger partial charge on any atom is -0.417 e. The number of carbonyl (C=O) groups excluding carboxylic acids is 3. The molecule has 0 aliphatic heterocycles. The van der Waals surface area contributed by atoms with Gasteiger partial charge in [-0.25, -0.2) is 9.59 Å². The summed E-state index contributed by atoms with van der Waals surface area (Å²) in [5.41, 5.74) is 0. The van der Waals surface area contributed by atoms with Crippen LogP contribution in [-0.2, 0) is 19.1 Å². The first-order valence-corrected chi connectivity index (χ1v) is 4.58. The van der Waals surface area contributed by atoms with Gasteiger partial charge in [0.15, 0.2) is 0 Å². The zero-order chi connectivity index (χ0) is 11.5. The van der Waals surface area contributed by atoms with Crippen molar-refractivity contribution >= 4 is 18.1 Å². The van der Waals surface area contributed by atoms with E-state index in [1.165, 1.54) is 0 Å². The molecule has 0 unspecified atom stereocenters. The quantitative estimate of drug-likeness (QED) is 0.273. The molecule has 15 heavy (non-hydrogen) atoms. The maximum atomic E-state index is 11.1. The maximum absolute atomic E-state index is 11.1. The van der Waals surface area contributed by atoms with Gasteiger partial charge < -0.3 is 4.74 Å². The van der Waals surface area contributed by atoms with Gasteiger partial charge in [0.2, 0.25) is 12.2 Å². The van der Waals surface area contributed by atoms with E-state index in [9.17, 15) is 14.4 Å². The second kappa shape index (κ2) is 8.81. The number of esters is 1. The molecule has 0 heterocycles. The highest BCUT2D eigenvalue weighted by atomic mass is 16.6. The number of hydrogen-bond donors (Lipinski definition) is 0. The Labute approximate surface area is 87.0 Å². The number of aliphatic imine (C=N–C) groups is 2. The van der Waals surface area contributed by atoms with E-state index >= 15 is 0 Å². The lowest BCUT2D eigenvalue weighted by Gasteiger charge is -2.05. The molecule has 6 heteroatoms. The summed E-state index contributed by atoms with van der Waals surface area (Å²) in [7, 11) is 0. The predicted molar refractivity (Wildman–Crippen MR) is 50.3 cm³/mol. The van der Waals surface area contributed by atoms with Crippen molar-refractivity contribution in [3.63, 3.8) is 0 Å². The van der Waals surface area contributed by atoms with Gasteiger partial charge in [-0.05, 0) is 6.42 Å². The number of carbonyl (C=O) groups is 1. The summed E-state index contributed by atoms with van der Waals surface area (Å²) in [5, 5.41) is 0. The fourth-order valence-electron chi connectivity index (χ4n) is 0.868. The monoisotopic (exact) mass is 212 g/mol. The predicted octanol–water partition coefficient (Wildman–Crippen LogP) is 1.07. The molecular weight excluding hydrogens is 200 g/mol. The molecule has 0 aromatic heterocycles. The van der Waals surface area contributed by atoms with E-state index in [4.69, 9.17) is 0 Å². The van der Waals surface area contributed by atoms with Crippen LogP contribution >= 0.6 is 0 Å². The third kappa shape index (κ3) is 7.31. The number of nitrogens with zero attached hydrogens (tertiary/aromatic N) is 2. The summed E-state index contributed by atoms with van der Waals surface area (Å²) in [6, 6.07) is 0. The van der Waals surface area contributed by atoms with Crippen LogP contribution in [0.5, 0.6) is 0 Å². The Kier molecular flexibility index (Phi) is 7.77. The standard InChI is InChI=1S/C9H12N2O4/c1-2-3-4-5-8(14)15-9(10-6-12)11-7-13/h9H,2-5H2,1H3. The van der Waals surface area contributed by atoms with Gasteiger partial charge in [-0.3, -0.25) is 4.79 Å². The van der Waals surface area contributed by atoms with Crippen molar-refractivity contribution in [1.29, 1.82) is 0 Å². The highest BCUT2D eigenvalue weighted by molar-refractivity contribution is 5.69. The third-order valence-corrected chi connectivity index (χ3v) is 1.55. The van der Waals surface area contributed by atoms with Crippen molar-refractivity contribution in [3.05, 3.63) is 0 Å². The fourth-order valence-corrected chi connectivity index (χ4v) is 0.868. The molecule has 0 saturated carbocycles. The van der Waals surface area contributed by atoms with Crippen molar-refractivity contribution in [2.45, 2.75) is 39.0 Å². The van der Waals surface area contributed by atoms with Gasteiger partial charge in [0.25, 0.3) is 0 Å². The average Bonchev–Trinajstić information content (AvgIpc) is 2.19. The summed E-state index contributed by atoms with van der Waals surface area (Å²) in [4.78, 5) is 36.8. The van der Waals surface area contributed by atoms with Crippen LogP contribution in [0.25, 0.3) is 0 Å². The van der Waals surface area contributed by atoms with Gasteiger partial charge in [0, 0.05) is 6.42 Å². The smallest absolute Gasteiger partial charge is 0.311 e. The molecule has 0 saturated heterocycles. The van der Waals surface area contributed by atoms with E-state index in [0.717, 1.165) is 25.0 Å². The normalized spacial score (nSPS) is 10.7. The summed E-state index contributed by atoms with van der Waals surface area (Å²) < 4.78 is 4.58. The van der Waals surface area contributed by atoms with E-state index < -0.39 is 12.3 Å². The molecule has 0 aromatic rings. The van der Waals surface area contributed by atoms with E-state index in [2.05, 4.69) is 14.7 Å². The van der Waals surface area contributed by atoms with Crippen LogP contribution in [0, 0.1) is 0 Å². The van der Waals surface area contributed by atoms with Crippen LogP contribution in [0.15, 0.2) is 9.98 Å². The van der Waals surface area contributed by atoms with Crippen molar-refractivity contribution in [2.75, 3.05) is 0 Å². The van der Waals surface area contributed by atoms with E-state index in [-0.39, 0.29) is 6.42 Å². The van der Waals surface area contributed by atoms with Crippen LogP contribution in [0.1, 0.15) is 32.6 Å². The van der Waals surface area contributed by atoms with Crippen LogP contribution in [0.2, 0.25) is 0 Å². The van der Waals surface area contributed by atoms with Crippen molar-refractivity contribution in [2.24, 2.45) is 9.98 Å². The van der Waals surface area contributed by atoms with Gasteiger partial charge in [-0.1, -0.05) is 19.8 Å². The Hall–Kier alpha value is -1.77. The number of rotatable bonds is 7. The molecule has 0 radical (unpaired) electrons. The SMILES string of the molecule is CCCCCC(=O)OC(N=C=O)N=C=O. The molecule has 6 nitrogen and oxygen atoms in total. The second-order valence-electron chi connectivity index (χ2n) is 2.71. The molecule has 0 bridgehead atoms. The van der Waals surface area contributed by atoms with Gasteiger partial charge >= 0.3 is 12.3 Å². The maximum Gasteiger partial charge on any atom is 0.311 e. The van der Waals surface area contributed by atoms with Crippen molar-refractivity contribution in [3.8, 4) is 0 Å². The highest BCUT2D eigenvalue weighted by Gasteiger charge is 2.10. The molecule has 0 N–H and O–H groups in total. The average molecular weight is 212 g/mol. The molecule has 0 fully saturated rings. The molecule has 0 atom stereocenters. The molecule has 82 valence electrons. The lowest BCUT2D eigenvalue weighted by molar-refractivity contribution is -0.148. The van der Waals surface area contributed by atoms with E-state index in [0.29, 0.717) is 6.42 Å². The highest BCUT2D eigenvalue weighted by Crippen LogP contribution is 2.03. The first kappa shape index (κ1) is 13.2. The van der Waals surface area contributed by atoms with Crippen LogP contribution < -0.4 is 0 Å². The van der Waals surface area contributed by atoms with Crippen molar-refractivity contribution < 1.29 is 19.1 Å². The number of unbranched alkanes of at least 4 members (excludes halogenated alkanes) is 2. The Morgan fingerprint density at radius 2 is 1.87 bits per heavy atom. The molecular formula is C9H12N2O4. The topological polar surface area (TPSA) is 85.2 Å². The number of hydrogen-bond acceptors (Lipinski definition) is 6. The Morgan fingerprint density at radius 1 is 1.27 bits per heavy atom. The molecule has 0 spiro atoms. The zero-order valence-electron chi connectivity index (χ0n) is 8.43. The fraction of sp³-hybridized carbons (Fsp3) is 0.667. The largest absolute Gasteiger partial charge is 0.417 e. The summed E-state index contributed by atoms with van der Waals surface area (Å²) in [6.07, 6.45) is 3.66. The summed E-state index contributed by atoms with van der Waals surface area (Å²) in [6.45, 7) is 2.00. The van der Waals surface area contributed by atoms with E-state index in [1.807, 2.05) is 6.92 Å². The molecule has 0 rings (SSSR count). The summed E-state index contributed by atoms with van der Waals surface area (Å²) >= 11 is 0. The molecule has 0 aliphatic carbocycles. The third-order valence-electron chi connectivity index (χ3n) is 1.55. The van der Waals surface area contributed by atoms with Gasteiger partial charge in [0.05, 0.1) is 0 Å². The summed E-state index contributed by atoms with van der Waals surface area (Å²) in [5.74, 6) is -0.550. The number of isocyanates is 2. The van der Waals surface area contributed by atoms with Gasteiger partial charge in [-0.15, -0.1) is 9.98 Å². The lowest BCUT2D eigenvalue weighted by atomic mass is 10.2. The van der Waals surface area contributed by atoms with Crippen molar-refractivity contribution in [1.82, 2.24) is 0 Å². The van der Waals surface area contributed by atoms with Crippen LogP contribution in [0.3, 0.4) is 0 Å². The van der Waals surface area contributed by atoms with Crippen LogP contribution in [0.4, 0.5) is 0 Å². The Balaban J connectivity index is 3.99. The molecule has 0 amide bonds. The minimum absolute atomic E-state index is 0.215. The Morgan fingerprint density at radius 3 is 2.33 bits per heavy atom. The minimum atomic E-state index is -1.44. The first-order chi connectivity index (χ1) is 7.24. The zero-order valence-corrected chi connectivity index (χ0v) is 8.43. The van der Waals surface area contributed by atoms with Gasteiger partial charge in [0.1, 0.15) is 0 Å². The lowest BCUT2D eigenvalue weighted by Crippen LogP contribution is -2.13. The second-order valence-corrected chi connectivity index (χ2v) is 2.71.